The van der Waals surface area contributed by atoms with Gasteiger partial charge in [-0.2, -0.15) is 0 Å². The van der Waals surface area contributed by atoms with Crippen molar-refractivity contribution < 1.29 is 9.13 Å². The molecule has 2 rings (SSSR count). The van der Waals surface area contributed by atoms with Gasteiger partial charge in [-0.15, -0.1) is 0 Å². The molecule has 0 radical (unpaired) electrons. The Kier molecular flexibility index (Phi) is 4.56. The molecule has 0 bridgehead atoms. The van der Waals surface area contributed by atoms with Gasteiger partial charge in [0.15, 0.2) is 0 Å². The van der Waals surface area contributed by atoms with Crippen molar-refractivity contribution in [1.82, 2.24) is 0 Å². The van der Waals surface area contributed by atoms with Crippen LogP contribution in [0.15, 0.2) is 46.9 Å². The van der Waals surface area contributed by atoms with E-state index in [4.69, 9.17) is 10.5 Å². The molecule has 0 fully saturated rings. The fourth-order valence-corrected chi connectivity index (χ4v) is 2.28. The van der Waals surface area contributed by atoms with Crippen LogP contribution in [0.5, 0.6) is 11.5 Å². The van der Waals surface area contributed by atoms with Gasteiger partial charge in [0.2, 0.25) is 0 Å². The summed E-state index contributed by atoms with van der Waals surface area (Å²) in [5.74, 6) is 0.802. The summed E-state index contributed by atoms with van der Waals surface area (Å²) in [5, 5.41) is 0. The normalized spacial score (nSPS) is 12.2. The first-order valence-electron chi connectivity index (χ1n) is 6.01. The molecular formula is C15H15BrFNO. The average Bonchev–Trinajstić information content (AvgIpc) is 2.26. The van der Waals surface area contributed by atoms with E-state index in [1.807, 2.05) is 31.2 Å². The lowest BCUT2D eigenvalue weighted by molar-refractivity contribution is 0.475. The van der Waals surface area contributed by atoms with E-state index in [1.165, 1.54) is 12.1 Å². The SMILES string of the molecule is CC(N)Cc1cccc(Oc2cc(F)cc(Br)c2)c1. The molecule has 4 heteroatoms. The van der Waals surface area contributed by atoms with Crippen LogP contribution in [0.3, 0.4) is 0 Å². The molecule has 2 aromatic rings. The molecule has 0 amide bonds. The van der Waals surface area contributed by atoms with E-state index < -0.39 is 0 Å². The zero-order valence-corrected chi connectivity index (χ0v) is 12.2. The van der Waals surface area contributed by atoms with Crippen LogP contribution in [0.4, 0.5) is 4.39 Å². The maximum atomic E-state index is 13.3. The highest BCUT2D eigenvalue weighted by Crippen LogP contribution is 2.26. The van der Waals surface area contributed by atoms with Crippen molar-refractivity contribution in [3.63, 3.8) is 0 Å². The molecule has 0 aliphatic carbocycles. The van der Waals surface area contributed by atoms with Crippen LogP contribution < -0.4 is 10.5 Å². The van der Waals surface area contributed by atoms with Crippen molar-refractivity contribution in [3.05, 3.63) is 58.3 Å². The summed E-state index contributed by atoms with van der Waals surface area (Å²) < 4.78 is 19.6. The summed E-state index contributed by atoms with van der Waals surface area (Å²) >= 11 is 3.24. The van der Waals surface area contributed by atoms with Crippen LogP contribution in [0.2, 0.25) is 0 Å². The minimum Gasteiger partial charge on any atom is -0.457 e. The maximum Gasteiger partial charge on any atom is 0.131 e. The third kappa shape index (κ3) is 4.33. The third-order valence-electron chi connectivity index (χ3n) is 2.53. The number of benzene rings is 2. The van der Waals surface area contributed by atoms with Crippen LogP contribution in [0.1, 0.15) is 12.5 Å². The van der Waals surface area contributed by atoms with Crippen molar-refractivity contribution in [2.24, 2.45) is 5.73 Å². The molecule has 19 heavy (non-hydrogen) atoms. The Hall–Kier alpha value is -1.39. The van der Waals surface area contributed by atoms with Gasteiger partial charge < -0.3 is 10.5 Å². The van der Waals surface area contributed by atoms with Crippen molar-refractivity contribution in [2.75, 3.05) is 0 Å². The van der Waals surface area contributed by atoms with Crippen LogP contribution >= 0.6 is 15.9 Å². The van der Waals surface area contributed by atoms with Gasteiger partial charge in [-0.1, -0.05) is 28.1 Å². The first-order valence-corrected chi connectivity index (χ1v) is 6.81. The van der Waals surface area contributed by atoms with Crippen LogP contribution in [0.25, 0.3) is 0 Å². The molecule has 0 aliphatic heterocycles. The minimum atomic E-state index is -0.337. The lowest BCUT2D eigenvalue weighted by atomic mass is 10.1. The van der Waals surface area contributed by atoms with Crippen LogP contribution in [-0.2, 0) is 6.42 Å². The summed E-state index contributed by atoms with van der Waals surface area (Å²) in [6, 6.07) is 12.2. The minimum absolute atomic E-state index is 0.0959. The molecular weight excluding hydrogens is 309 g/mol. The van der Waals surface area contributed by atoms with Gasteiger partial charge >= 0.3 is 0 Å². The number of halogens is 2. The topological polar surface area (TPSA) is 35.2 Å². The van der Waals surface area contributed by atoms with Gasteiger partial charge in [-0.3, -0.25) is 0 Å². The zero-order chi connectivity index (χ0) is 13.8. The van der Waals surface area contributed by atoms with Gasteiger partial charge in [0.1, 0.15) is 17.3 Å². The van der Waals surface area contributed by atoms with Gasteiger partial charge in [0, 0.05) is 16.6 Å². The Morgan fingerprint density at radius 3 is 2.68 bits per heavy atom. The fourth-order valence-electron chi connectivity index (χ4n) is 1.83. The van der Waals surface area contributed by atoms with E-state index in [0.717, 1.165) is 12.0 Å². The number of hydrogen-bond donors (Lipinski definition) is 1. The molecule has 0 aliphatic rings. The highest BCUT2D eigenvalue weighted by molar-refractivity contribution is 9.10. The Labute approximate surface area is 120 Å². The molecule has 0 saturated carbocycles. The summed E-state index contributed by atoms with van der Waals surface area (Å²) in [7, 11) is 0. The van der Waals surface area contributed by atoms with Gasteiger partial charge in [-0.05, 0) is 43.2 Å². The summed E-state index contributed by atoms with van der Waals surface area (Å²) in [6.07, 6.45) is 0.782. The zero-order valence-electron chi connectivity index (χ0n) is 10.6. The first-order chi connectivity index (χ1) is 9.02. The van der Waals surface area contributed by atoms with E-state index in [1.54, 1.807) is 6.07 Å². The molecule has 100 valence electrons. The molecule has 0 spiro atoms. The van der Waals surface area contributed by atoms with Crippen molar-refractivity contribution in [2.45, 2.75) is 19.4 Å². The van der Waals surface area contributed by atoms with Crippen molar-refractivity contribution >= 4 is 15.9 Å². The Morgan fingerprint density at radius 2 is 2.00 bits per heavy atom. The number of hydrogen-bond acceptors (Lipinski definition) is 2. The summed E-state index contributed by atoms with van der Waals surface area (Å²) in [4.78, 5) is 0. The smallest absolute Gasteiger partial charge is 0.131 e. The lowest BCUT2D eigenvalue weighted by Crippen LogP contribution is -2.17. The predicted molar refractivity (Wildman–Crippen MR) is 78.0 cm³/mol. The second-order valence-electron chi connectivity index (χ2n) is 4.54. The molecule has 0 saturated heterocycles. The predicted octanol–water partition coefficient (Wildman–Crippen LogP) is 4.27. The second-order valence-corrected chi connectivity index (χ2v) is 5.45. The van der Waals surface area contributed by atoms with Crippen molar-refractivity contribution in [1.29, 1.82) is 0 Å². The highest BCUT2D eigenvalue weighted by atomic mass is 79.9. The number of rotatable bonds is 4. The largest absolute Gasteiger partial charge is 0.457 e. The number of nitrogens with two attached hydrogens (primary N) is 1. The monoisotopic (exact) mass is 323 g/mol. The first kappa shape index (κ1) is 14.0. The van der Waals surface area contributed by atoms with E-state index in [0.29, 0.717) is 16.0 Å². The molecule has 2 nitrogen and oxygen atoms in total. The highest BCUT2D eigenvalue weighted by Gasteiger charge is 2.04. The maximum absolute atomic E-state index is 13.3. The standard InChI is InChI=1S/C15H15BrFNO/c1-10(18)5-11-3-2-4-14(6-11)19-15-8-12(16)7-13(17)9-15/h2-4,6-10H,5,18H2,1H3. The Bertz CT molecular complexity index is 552. The lowest BCUT2D eigenvalue weighted by Gasteiger charge is -2.09. The average molecular weight is 324 g/mol. The van der Waals surface area contributed by atoms with Crippen LogP contribution in [-0.4, -0.2) is 6.04 Å². The van der Waals surface area contributed by atoms with Gasteiger partial charge in [0.25, 0.3) is 0 Å². The van der Waals surface area contributed by atoms with Gasteiger partial charge in [0.05, 0.1) is 0 Å². The Balaban J connectivity index is 2.18. The van der Waals surface area contributed by atoms with E-state index >= 15 is 0 Å². The molecule has 2 aromatic carbocycles. The third-order valence-corrected chi connectivity index (χ3v) is 2.99. The fraction of sp³-hybridized carbons (Fsp3) is 0.200. The van der Waals surface area contributed by atoms with E-state index in [-0.39, 0.29) is 11.9 Å². The quantitative estimate of drug-likeness (QED) is 0.911. The van der Waals surface area contributed by atoms with Crippen LogP contribution in [0, 0.1) is 5.82 Å². The van der Waals surface area contributed by atoms with Gasteiger partial charge in [-0.25, -0.2) is 4.39 Å². The molecule has 2 N–H and O–H groups in total. The van der Waals surface area contributed by atoms with E-state index in [9.17, 15) is 4.39 Å². The molecule has 0 aromatic heterocycles. The Morgan fingerprint density at radius 1 is 1.21 bits per heavy atom. The second kappa shape index (κ2) is 6.17. The molecule has 1 unspecified atom stereocenters. The van der Waals surface area contributed by atoms with Crippen molar-refractivity contribution in [3.8, 4) is 11.5 Å². The molecule has 0 heterocycles. The summed E-state index contributed by atoms with van der Waals surface area (Å²) in [6.45, 7) is 1.96. The van der Waals surface area contributed by atoms with E-state index in [2.05, 4.69) is 15.9 Å². The molecule has 1 atom stereocenters. The summed E-state index contributed by atoms with van der Waals surface area (Å²) in [5.41, 5.74) is 6.87. The number of ether oxygens (including phenoxy) is 1.